The summed E-state index contributed by atoms with van der Waals surface area (Å²) in [6.45, 7) is 4.47. The molecule has 2 aromatic rings. The molecule has 51 heavy (non-hydrogen) atoms. The number of piperidine rings is 1. The van der Waals surface area contributed by atoms with Crippen LogP contribution in [-0.2, 0) is 25.3 Å². The van der Waals surface area contributed by atoms with Crippen molar-refractivity contribution < 1.29 is 46.5 Å². The Morgan fingerprint density at radius 3 is 2.25 bits per heavy atom. The van der Waals surface area contributed by atoms with Gasteiger partial charge < -0.3 is 29.3 Å². The zero-order chi connectivity index (χ0) is 36.5. The zero-order valence-electron chi connectivity index (χ0n) is 29.0. The van der Waals surface area contributed by atoms with Crippen molar-refractivity contribution in [2.45, 2.75) is 49.9 Å². The number of alkyl halides is 4. The highest BCUT2D eigenvalue weighted by Gasteiger charge is 2.57. The van der Waals surface area contributed by atoms with E-state index in [1.807, 2.05) is 11.8 Å². The Morgan fingerprint density at radius 2 is 1.65 bits per heavy atom. The molecule has 10 nitrogen and oxygen atoms in total. The number of likely N-dealkylation sites (tertiary alicyclic amines) is 2. The molecule has 4 fully saturated rings. The van der Waals surface area contributed by atoms with Crippen molar-refractivity contribution in [2.75, 3.05) is 84.1 Å². The molecule has 0 saturated carbocycles. The van der Waals surface area contributed by atoms with Crippen molar-refractivity contribution in [1.82, 2.24) is 14.7 Å². The molecule has 4 saturated heterocycles. The van der Waals surface area contributed by atoms with Crippen LogP contribution >= 0.6 is 0 Å². The molecule has 0 unspecified atom stereocenters. The molecule has 0 aromatic heterocycles. The van der Waals surface area contributed by atoms with Crippen molar-refractivity contribution in [1.29, 1.82) is 0 Å². The van der Waals surface area contributed by atoms with E-state index in [1.54, 1.807) is 34.1 Å². The summed E-state index contributed by atoms with van der Waals surface area (Å²) in [7, 11) is 1.53. The molecule has 1 N–H and O–H groups in total. The van der Waals surface area contributed by atoms with Gasteiger partial charge in [0.15, 0.2) is 0 Å². The zero-order valence-corrected chi connectivity index (χ0v) is 29.0. The number of amides is 2. The summed E-state index contributed by atoms with van der Waals surface area (Å²) in [5.74, 6) is -3.13. The average molecular weight is 719 g/mol. The van der Waals surface area contributed by atoms with Crippen LogP contribution in [0.4, 0.5) is 23.2 Å². The first kappa shape index (κ1) is 36.9. The van der Waals surface area contributed by atoms with E-state index in [2.05, 4.69) is 0 Å². The van der Waals surface area contributed by atoms with E-state index in [1.165, 1.54) is 18.1 Å². The van der Waals surface area contributed by atoms with Crippen molar-refractivity contribution in [3.05, 3.63) is 59.2 Å². The van der Waals surface area contributed by atoms with Crippen molar-refractivity contribution in [3.63, 3.8) is 0 Å². The van der Waals surface area contributed by atoms with Gasteiger partial charge >= 0.3 is 12.1 Å². The molecule has 4 aliphatic rings. The van der Waals surface area contributed by atoms with Crippen LogP contribution in [0.3, 0.4) is 0 Å². The lowest BCUT2D eigenvalue weighted by atomic mass is 9.84. The predicted molar refractivity (Wildman–Crippen MR) is 181 cm³/mol. The summed E-state index contributed by atoms with van der Waals surface area (Å²) >= 11 is 0. The molecule has 0 bridgehead atoms. The average Bonchev–Trinajstić information content (AvgIpc) is 3.72. The van der Waals surface area contributed by atoms with Gasteiger partial charge in [-0.1, -0.05) is 31.5 Å². The van der Waals surface area contributed by atoms with Gasteiger partial charge in [0.1, 0.15) is 5.75 Å². The van der Waals surface area contributed by atoms with Crippen LogP contribution < -0.4 is 9.64 Å². The minimum atomic E-state index is -4.58. The van der Waals surface area contributed by atoms with Crippen molar-refractivity contribution >= 4 is 23.5 Å². The molecular weight excluding hydrogens is 672 g/mol. The number of hydrogen-bond acceptors (Lipinski definition) is 7. The van der Waals surface area contributed by atoms with Gasteiger partial charge in [0, 0.05) is 69.9 Å². The van der Waals surface area contributed by atoms with E-state index in [4.69, 9.17) is 9.47 Å². The van der Waals surface area contributed by atoms with E-state index >= 15 is 4.39 Å². The highest BCUT2D eigenvalue weighted by Crippen LogP contribution is 2.46. The van der Waals surface area contributed by atoms with Gasteiger partial charge in [-0.15, -0.1) is 0 Å². The maximum atomic E-state index is 17.7. The van der Waals surface area contributed by atoms with Gasteiger partial charge in [-0.25, -0.2) is 4.39 Å². The maximum absolute atomic E-state index is 17.7. The first-order valence-corrected chi connectivity index (χ1v) is 17.7. The number of nitrogens with zero attached hydrogens (tertiary/aromatic N) is 4. The number of carboxylic acid groups (broad SMARTS) is 1. The van der Waals surface area contributed by atoms with Crippen molar-refractivity contribution in [3.8, 4) is 5.75 Å². The Labute approximate surface area is 295 Å². The molecule has 4 aliphatic heterocycles. The summed E-state index contributed by atoms with van der Waals surface area (Å²) in [5, 5.41) is 9.50. The summed E-state index contributed by atoms with van der Waals surface area (Å²) in [6.07, 6.45) is -3.36. The topological polar surface area (TPSA) is 103 Å². The van der Waals surface area contributed by atoms with E-state index in [9.17, 15) is 32.7 Å². The van der Waals surface area contributed by atoms with E-state index in [0.29, 0.717) is 68.1 Å². The van der Waals surface area contributed by atoms with Gasteiger partial charge in [-0.3, -0.25) is 19.3 Å². The van der Waals surface area contributed by atoms with E-state index in [0.717, 1.165) is 12.1 Å². The lowest BCUT2D eigenvalue weighted by Gasteiger charge is -2.35. The number of rotatable bonds is 9. The van der Waals surface area contributed by atoms with Crippen LogP contribution in [0.15, 0.2) is 42.5 Å². The van der Waals surface area contributed by atoms with Gasteiger partial charge in [0.25, 0.3) is 5.91 Å². The highest BCUT2D eigenvalue weighted by atomic mass is 19.4. The number of morpholine rings is 1. The Kier molecular flexibility index (Phi) is 10.8. The van der Waals surface area contributed by atoms with E-state index < -0.39 is 41.1 Å². The number of carbonyl (C=O) groups is 3. The molecule has 0 radical (unpaired) electrons. The number of ether oxygens (including phenoxy) is 2. The van der Waals surface area contributed by atoms with Crippen LogP contribution in [0.25, 0.3) is 0 Å². The Morgan fingerprint density at radius 1 is 0.961 bits per heavy atom. The Bertz CT molecular complexity index is 1580. The maximum Gasteiger partial charge on any atom is 0.416 e. The largest absolute Gasteiger partial charge is 0.497 e. The molecule has 4 heterocycles. The molecule has 278 valence electrons. The number of hydrogen-bond donors (Lipinski definition) is 1. The molecule has 0 aliphatic carbocycles. The molecule has 0 spiro atoms. The van der Waals surface area contributed by atoms with Crippen LogP contribution in [0.2, 0.25) is 0 Å². The smallest absolute Gasteiger partial charge is 0.416 e. The monoisotopic (exact) mass is 718 g/mol. The highest BCUT2D eigenvalue weighted by molar-refractivity contribution is 5.88. The third-order valence-electron chi connectivity index (χ3n) is 11.2. The van der Waals surface area contributed by atoms with Crippen LogP contribution in [-0.4, -0.2) is 122 Å². The third-order valence-corrected chi connectivity index (χ3v) is 11.2. The molecular formula is C37H46F4N4O6. The fourth-order valence-corrected chi connectivity index (χ4v) is 8.29. The number of carboxylic acids is 1. The first-order valence-electron chi connectivity index (χ1n) is 17.7. The predicted octanol–water partition coefficient (Wildman–Crippen LogP) is 4.63. The van der Waals surface area contributed by atoms with Gasteiger partial charge in [0.05, 0.1) is 38.3 Å². The number of anilines is 1. The Balaban J connectivity index is 1.28. The van der Waals surface area contributed by atoms with Gasteiger partial charge in [-0.2, -0.15) is 13.2 Å². The first-order chi connectivity index (χ1) is 24.3. The van der Waals surface area contributed by atoms with Crippen LogP contribution in [0, 0.1) is 11.8 Å². The minimum Gasteiger partial charge on any atom is -0.497 e. The van der Waals surface area contributed by atoms with Gasteiger partial charge in [0.2, 0.25) is 11.6 Å². The SMILES string of the molecule is CC[C@H]1CN(C(=O)[C@]2(F)CN(CC(=O)N3CCOCC3)C[C@H]2c2ccc(OC)cc2)C[C@@H]1c1ccc(C(F)(F)F)cc1N1CCC(C(=O)O)CC1. The summed E-state index contributed by atoms with van der Waals surface area (Å²) in [6, 6.07) is 10.6. The fourth-order valence-electron chi connectivity index (χ4n) is 8.29. The minimum absolute atomic E-state index is 0.0424. The normalized spacial score (nSPS) is 26.5. The molecule has 4 atom stereocenters. The number of benzene rings is 2. The fraction of sp³-hybridized carbons (Fsp3) is 0.595. The van der Waals surface area contributed by atoms with E-state index in [-0.39, 0.29) is 63.6 Å². The lowest BCUT2D eigenvalue weighted by molar-refractivity contribution is -0.144. The van der Waals surface area contributed by atoms with Crippen molar-refractivity contribution in [2.24, 2.45) is 11.8 Å². The third kappa shape index (κ3) is 7.67. The summed E-state index contributed by atoms with van der Waals surface area (Å²) in [4.78, 5) is 46.0. The summed E-state index contributed by atoms with van der Waals surface area (Å²) in [5.41, 5.74) is -1.54. The second kappa shape index (κ2) is 15.0. The number of methoxy groups -OCH3 is 1. The van der Waals surface area contributed by atoms with Crippen LogP contribution in [0.5, 0.6) is 5.75 Å². The second-order valence-corrected chi connectivity index (χ2v) is 14.2. The number of carbonyl (C=O) groups excluding carboxylic acids is 2. The van der Waals surface area contributed by atoms with Gasteiger partial charge in [-0.05, 0) is 54.2 Å². The molecule has 14 heteroatoms. The molecule has 2 amide bonds. The summed E-state index contributed by atoms with van der Waals surface area (Å²) < 4.78 is 70.1. The molecule has 6 rings (SSSR count). The Hall–Kier alpha value is -3.91. The number of halogens is 4. The molecule has 2 aromatic carbocycles. The standard InChI is InChI=1S/C37H46F4N4O6/c1-3-24-19-45(20-30(24)29-9-6-27(37(39,40)41)18-32(29)43-12-10-26(11-13-43)34(47)48)35(49)36(38)23-42(22-33(46)44-14-16-51-17-15-44)21-31(36)25-4-7-28(50-2)8-5-25/h4-9,18,24,26,30-31H,3,10-17,19-23H2,1-2H3,(H,47,48)/t24-,30-,31-,36-/m0/s1. The quantitative estimate of drug-likeness (QED) is 0.375. The lowest BCUT2D eigenvalue weighted by Crippen LogP contribution is -2.50. The second-order valence-electron chi connectivity index (χ2n) is 14.2. The van der Waals surface area contributed by atoms with Crippen LogP contribution in [0.1, 0.15) is 54.7 Å². The number of aliphatic carboxylic acids is 1.